The number of nitrogens with two attached hydrogens (primary N) is 1. The number of anilines is 2. The monoisotopic (exact) mass is 551 g/mol. The molecule has 1 fully saturated rings. The molecule has 38 heavy (non-hydrogen) atoms. The van der Waals surface area contributed by atoms with Gasteiger partial charge >= 0.3 is 12.3 Å². The number of pyridine rings is 1. The average molecular weight is 552 g/mol. The van der Waals surface area contributed by atoms with Crippen LogP contribution in [0.15, 0.2) is 18.2 Å². The lowest BCUT2D eigenvalue weighted by atomic mass is 9.92. The van der Waals surface area contributed by atoms with Crippen molar-refractivity contribution in [2.75, 3.05) is 44.3 Å². The summed E-state index contributed by atoms with van der Waals surface area (Å²) < 4.78 is 42.0. The summed E-state index contributed by atoms with van der Waals surface area (Å²) in [4.78, 5) is 28.0. The Morgan fingerprint density at radius 3 is 2.37 bits per heavy atom. The van der Waals surface area contributed by atoms with Crippen LogP contribution in [-0.4, -0.2) is 74.7 Å². The molecule has 9 nitrogen and oxygen atoms in total. The Morgan fingerprint density at radius 1 is 1.13 bits per heavy atom. The van der Waals surface area contributed by atoms with Gasteiger partial charge in [0, 0.05) is 56.1 Å². The highest BCUT2D eigenvalue weighted by molar-refractivity contribution is 6.34. The number of hydrogen-bond donors (Lipinski definition) is 3. The molecule has 1 saturated heterocycles. The highest BCUT2D eigenvalue weighted by Crippen LogP contribution is 2.42. The van der Waals surface area contributed by atoms with Crippen molar-refractivity contribution < 1.29 is 23.1 Å². The van der Waals surface area contributed by atoms with Crippen molar-refractivity contribution in [2.45, 2.75) is 38.9 Å². The van der Waals surface area contributed by atoms with E-state index < -0.39 is 23.4 Å². The molecule has 1 amide bonds. The number of carboxylic acid groups (broad SMARTS) is 1. The Balaban J connectivity index is 1.79. The third kappa shape index (κ3) is 5.41. The molecular formula is C25H29ClF3N7O2. The topological polar surface area (TPSA) is 120 Å². The van der Waals surface area contributed by atoms with E-state index in [4.69, 9.17) is 17.3 Å². The van der Waals surface area contributed by atoms with Gasteiger partial charge < -0.3 is 21.1 Å². The summed E-state index contributed by atoms with van der Waals surface area (Å²) in [5.41, 5.74) is 5.22. The van der Waals surface area contributed by atoms with Gasteiger partial charge in [-0.25, -0.2) is 19.7 Å². The molecule has 0 spiro atoms. The zero-order valence-electron chi connectivity index (χ0n) is 21.4. The molecule has 3 aromatic rings. The zero-order chi connectivity index (χ0) is 28.0. The first-order valence-corrected chi connectivity index (χ1v) is 12.3. The summed E-state index contributed by atoms with van der Waals surface area (Å²) in [5.74, 6) is 0.255. The molecule has 3 heterocycles. The number of nitrogens with zero attached hydrogens (tertiary/aromatic N) is 5. The predicted octanol–water partition coefficient (Wildman–Crippen LogP) is 4.91. The van der Waals surface area contributed by atoms with Gasteiger partial charge in [0.2, 0.25) is 5.95 Å². The van der Waals surface area contributed by atoms with Crippen molar-refractivity contribution in [3.8, 4) is 11.3 Å². The van der Waals surface area contributed by atoms with Crippen LogP contribution in [0.1, 0.15) is 30.7 Å². The van der Waals surface area contributed by atoms with E-state index in [1.807, 2.05) is 13.8 Å². The summed E-state index contributed by atoms with van der Waals surface area (Å²) in [7, 11) is 1.66. The molecule has 0 atom stereocenters. The maximum Gasteiger partial charge on any atom is 0.418 e. The largest absolute Gasteiger partial charge is 0.465 e. The van der Waals surface area contributed by atoms with Crippen LogP contribution >= 0.6 is 11.6 Å². The molecule has 2 aromatic heterocycles. The van der Waals surface area contributed by atoms with Crippen LogP contribution < -0.4 is 11.1 Å². The lowest BCUT2D eigenvalue weighted by molar-refractivity contribution is -0.137. The minimum Gasteiger partial charge on any atom is -0.465 e. The number of amides is 1. The maximum absolute atomic E-state index is 14.0. The fraction of sp³-hybridized carbons (Fsp3) is 0.440. The fourth-order valence-electron chi connectivity index (χ4n) is 4.92. The van der Waals surface area contributed by atoms with Crippen LogP contribution in [0.2, 0.25) is 5.02 Å². The standard InChI is InChI=1S/C25H29ClF3N7O2/c1-13-9-19(30)34-21(20(13)25(27,28)29)14-11-17-15(10-16(14)26)18(33-22(31-4)32-17)12-24(2,3)36-7-5-35(6-8-36)23(37)38/h9-11H,5-8,12H2,1-4H3,(H2,30,34)(H,37,38)(H,31,32,33). The Morgan fingerprint density at radius 2 is 1.79 bits per heavy atom. The normalized spacial score (nSPS) is 15.2. The first-order valence-electron chi connectivity index (χ1n) is 12.0. The molecule has 13 heteroatoms. The lowest BCUT2D eigenvalue weighted by Gasteiger charge is -2.43. The number of fused-ring (bicyclic) bond motifs is 1. The Hall–Kier alpha value is -3.38. The van der Waals surface area contributed by atoms with Gasteiger partial charge in [-0.1, -0.05) is 11.6 Å². The van der Waals surface area contributed by atoms with Crippen molar-refractivity contribution in [3.63, 3.8) is 0 Å². The molecular weight excluding hydrogens is 523 g/mol. The number of alkyl halides is 3. The Labute approximate surface area is 222 Å². The third-order valence-corrected chi connectivity index (χ3v) is 7.18. The molecule has 0 saturated carbocycles. The second-order valence-electron chi connectivity index (χ2n) is 9.92. The molecule has 0 unspecified atom stereocenters. The Kier molecular flexibility index (Phi) is 7.32. The summed E-state index contributed by atoms with van der Waals surface area (Å²) in [6, 6.07) is 4.23. The highest BCUT2D eigenvalue weighted by Gasteiger charge is 2.38. The predicted molar refractivity (Wildman–Crippen MR) is 140 cm³/mol. The number of nitrogens with one attached hydrogen (secondary N) is 1. The minimum absolute atomic E-state index is 0.0503. The first kappa shape index (κ1) is 27.6. The number of benzene rings is 1. The highest BCUT2D eigenvalue weighted by atomic mass is 35.5. The molecule has 1 aliphatic heterocycles. The quantitative estimate of drug-likeness (QED) is 0.409. The van der Waals surface area contributed by atoms with Crippen molar-refractivity contribution in [2.24, 2.45) is 0 Å². The summed E-state index contributed by atoms with van der Waals surface area (Å²) in [5, 5.41) is 12.8. The van der Waals surface area contributed by atoms with Gasteiger partial charge in [0.15, 0.2) is 0 Å². The number of halogens is 4. The van der Waals surface area contributed by atoms with Crippen LogP contribution in [0, 0.1) is 6.92 Å². The number of aryl methyl sites for hydroxylation is 1. The van der Waals surface area contributed by atoms with E-state index in [2.05, 4.69) is 25.2 Å². The SMILES string of the molecule is CNc1nc(CC(C)(C)N2CCN(C(=O)O)CC2)c2cc(Cl)c(-c3nc(N)cc(C)c3C(F)(F)F)cc2n1. The van der Waals surface area contributed by atoms with E-state index in [1.54, 1.807) is 13.1 Å². The van der Waals surface area contributed by atoms with Gasteiger partial charge in [0.1, 0.15) is 5.82 Å². The molecule has 204 valence electrons. The van der Waals surface area contributed by atoms with Gasteiger partial charge in [0.25, 0.3) is 0 Å². The van der Waals surface area contributed by atoms with Crippen molar-refractivity contribution in [1.82, 2.24) is 24.8 Å². The van der Waals surface area contributed by atoms with Crippen molar-refractivity contribution in [3.05, 3.63) is 40.0 Å². The molecule has 1 aromatic carbocycles. The second-order valence-corrected chi connectivity index (χ2v) is 10.3. The number of nitrogen functional groups attached to an aromatic ring is 1. The van der Waals surface area contributed by atoms with Gasteiger partial charge in [-0.05, 0) is 44.5 Å². The molecule has 4 rings (SSSR count). The summed E-state index contributed by atoms with van der Waals surface area (Å²) in [6.07, 6.45) is -5.14. The van der Waals surface area contributed by atoms with Crippen molar-refractivity contribution in [1.29, 1.82) is 0 Å². The molecule has 0 bridgehead atoms. The van der Waals surface area contributed by atoms with Gasteiger partial charge in [0.05, 0.1) is 27.5 Å². The number of rotatable bonds is 5. The maximum atomic E-state index is 14.0. The lowest BCUT2D eigenvalue weighted by Crippen LogP contribution is -2.56. The van der Waals surface area contributed by atoms with E-state index >= 15 is 0 Å². The van der Waals surface area contributed by atoms with Crippen LogP contribution in [0.5, 0.6) is 0 Å². The Bertz CT molecular complexity index is 1390. The average Bonchev–Trinajstić information content (AvgIpc) is 2.82. The third-order valence-electron chi connectivity index (χ3n) is 6.87. The van der Waals surface area contributed by atoms with Gasteiger partial charge in [-0.15, -0.1) is 0 Å². The van der Waals surface area contributed by atoms with Crippen LogP contribution in [0.3, 0.4) is 0 Å². The van der Waals surface area contributed by atoms with E-state index in [-0.39, 0.29) is 27.7 Å². The second kappa shape index (κ2) is 10.1. The molecule has 0 radical (unpaired) electrons. The van der Waals surface area contributed by atoms with E-state index in [0.29, 0.717) is 55.1 Å². The van der Waals surface area contributed by atoms with E-state index in [1.165, 1.54) is 24.0 Å². The molecule has 4 N–H and O–H groups in total. The zero-order valence-corrected chi connectivity index (χ0v) is 22.2. The van der Waals surface area contributed by atoms with Crippen LogP contribution in [-0.2, 0) is 12.6 Å². The molecule has 0 aliphatic carbocycles. The summed E-state index contributed by atoms with van der Waals surface area (Å²) >= 11 is 6.58. The smallest absolute Gasteiger partial charge is 0.418 e. The number of carbonyl (C=O) groups is 1. The fourth-order valence-corrected chi connectivity index (χ4v) is 5.17. The minimum atomic E-state index is -4.67. The number of hydrogen-bond acceptors (Lipinski definition) is 7. The van der Waals surface area contributed by atoms with Crippen LogP contribution in [0.25, 0.3) is 22.2 Å². The summed E-state index contributed by atoms with van der Waals surface area (Å²) in [6.45, 7) is 7.34. The van der Waals surface area contributed by atoms with Gasteiger partial charge in [-0.2, -0.15) is 13.2 Å². The number of aromatic nitrogens is 3. The van der Waals surface area contributed by atoms with E-state index in [9.17, 15) is 23.1 Å². The van der Waals surface area contributed by atoms with Crippen LogP contribution in [0.4, 0.5) is 29.7 Å². The van der Waals surface area contributed by atoms with Crippen molar-refractivity contribution >= 4 is 40.4 Å². The molecule has 1 aliphatic rings. The van der Waals surface area contributed by atoms with E-state index in [0.717, 1.165) is 0 Å². The first-order chi connectivity index (χ1) is 17.7. The van der Waals surface area contributed by atoms with Gasteiger partial charge in [-0.3, -0.25) is 4.90 Å². The number of piperazine rings is 1.